The van der Waals surface area contributed by atoms with Crippen LogP contribution in [0.15, 0.2) is 18.2 Å². The minimum absolute atomic E-state index is 0.00308. The number of benzene rings is 1. The highest BCUT2D eigenvalue weighted by Crippen LogP contribution is 2.20. The summed E-state index contributed by atoms with van der Waals surface area (Å²) in [5.74, 6) is -0.940. The van der Waals surface area contributed by atoms with Gasteiger partial charge in [0.2, 0.25) is 0 Å². The third kappa shape index (κ3) is 3.73. The Bertz CT molecular complexity index is 537. The Hall–Kier alpha value is -1.56. The molecular weight excluding hydrogens is 254 g/mol. The average molecular weight is 271 g/mol. The summed E-state index contributed by atoms with van der Waals surface area (Å²) in [6.45, 7) is 3.58. The number of sulfone groups is 1. The summed E-state index contributed by atoms with van der Waals surface area (Å²) < 4.78 is 22.7. The van der Waals surface area contributed by atoms with Crippen LogP contribution < -0.4 is 5.32 Å². The molecule has 0 fully saturated rings. The molecule has 0 spiro atoms. The van der Waals surface area contributed by atoms with Crippen LogP contribution in [-0.4, -0.2) is 37.5 Å². The fraction of sp³-hybridized carbons (Fsp3) is 0.417. The molecule has 0 saturated carbocycles. The molecule has 0 amide bonds. The van der Waals surface area contributed by atoms with Gasteiger partial charge in [0.15, 0.2) is 9.84 Å². The number of anilines is 1. The first-order valence-corrected chi connectivity index (χ1v) is 7.46. The number of aryl methyl sites for hydroxylation is 1. The molecule has 0 aliphatic rings. The molecule has 0 aliphatic heterocycles. The van der Waals surface area contributed by atoms with E-state index in [1.165, 1.54) is 6.07 Å². The molecule has 0 unspecified atom stereocenters. The molecule has 0 bridgehead atoms. The van der Waals surface area contributed by atoms with Crippen LogP contribution in [0.4, 0.5) is 5.69 Å². The van der Waals surface area contributed by atoms with Crippen molar-refractivity contribution in [2.75, 3.05) is 23.4 Å². The predicted octanol–water partition coefficient (Wildman–Crippen LogP) is 1.54. The van der Waals surface area contributed by atoms with Gasteiger partial charge in [-0.15, -0.1) is 0 Å². The van der Waals surface area contributed by atoms with E-state index in [2.05, 4.69) is 5.32 Å². The van der Waals surface area contributed by atoms with E-state index in [1.807, 2.05) is 0 Å². The number of hydrogen-bond donors (Lipinski definition) is 2. The average Bonchev–Trinajstić information content (AvgIpc) is 2.30. The minimum Gasteiger partial charge on any atom is -0.478 e. The smallest absolute Gasteiger partial charge is 0.337 e. The topological polar surface area (TPSA) is 83.5 Å². The standard InChI is InChI=1S/C12H17NO4S/c1-3-18(16,17)8-7-13-11-9(2)5-4-6-10(11)12(14)15/h4-6,13H,3,7-8H2,1-2H3,(H,14,15). The molecular formula is C12H17NO4S. The zero-order chi connectivity index (χ0) is 13.8. The second kappa shape index (κ2) is 5.86. The number of nitrogens with one attached hydrogen (secondary N) is 1. The molecule has 0 radical (unpaired) electrons. The monoisotopic (exact) mass is 271 g/mol. The van der Waals surface area contributed by atoms with E-state index in [-0.39, 0.29) is 23.6 Å². The molecule has 0 heterocycles. The predicted molar refractivity (Wildman–Crippen MR) is 71.0 cm³/mol. The lowest BCUT2D eigenvalue weighted by molar-refractivity contribution is 0.0698. The van der Waals surface area contributed by atoms with E-state index in [9.17, 15) is 13.2 Å². The van der Waals surface area contributed by atoms with E-state index >= 15 is 0 Å². The third-order valence-corrected chi connectivity index (χ3v) is 4.36. The van der Waals surface area contributed by atoms with Crippen molar-refractivity contribution in [1.82, 2.24) is 0 Å². The first kappa shape index (κ1) is 14.5. The Kier molecular flexibility index (Phi) is 4.72. The van der Waals surface area contributed by atoms with E-state index in [0.29, 0.717) is 5.69 Å². The molecule has 5 nitrogen and oxygen atoms in total. The number of carbonyl (C=O) groups is 1. The van der Waals surface area contributed by atoms with Crippen molar-refractivity contribution in [3.05, 3.63) is 29.3 Å². The van der Waals surface area contributed by atoms with Crippen molar-refractivity contribution in [2.24, 2.45) is 0 Å². The van der Waals surface area contributed by atoms with Gasteiger partial charge in [-0.3, -0.25) is 0 Å². The largest absolute Gasteiger partial charge is 0.478 e. The Balaban J connectivity index is 2.82. The van der Waals surface area contributed by atoms with Gasteiger partial charge >= 0.3 is 5.97 Å². The molecule has 1 aromatic carbocycles. The molecule has 6 heteroatoms. The highest BCUT2D eigenvalue weighted by Gasteiger charge is 2.13. The maximum atomic E-state index is 11.3. The zero-order valence-corrected chi connectivity index (χ0v) is 11.3. The van der Waals surface area contributed by atoms with Gasteiger partial charge in [-0.2, -0.15) is 0 Å². The fourth-order valence-corrected chi connectivity index (χ4v) is 2.26. The number of rotatable bonds is 6. The van der Waals surface area contributed by atoms with E-state index in [1.54, 1.807) is 26.0 Å². The lowest BCUT2D eigenvalue weighted by Gasteiger charge is -2.12. The van der Waals surface area contributed by atoms with Crippen molar-refractivity contribution in [2.45, 2.75) is 13.8 Å². The highest BCUT2D eigenvalue weighted by molar-refractivity contribution is 7.91. The SMILES string of the molecule is CCS(=O)(=O)CCNc1c(C)cccc1C(=O)O. The summed E-state index contributed by atoms with van der Waals surface area (Å²) in [6.07, 6.45) is 0. The van der Waals surface area contributed by atoms with Gasteiger partial charge < -0.3 is 10.4 Å². The van der Waals surface area contributed by atoms with Gasteiger partial charge in [0.1, 0.15) is 0 Å². The van der Waals surface area contributed by atoms with Crippen LogP contribution in [0.3, 0.4) is 0 Å². The number of para-hydroxylation sites is 1. The summed E-state index contributed by atoms with van der Waals surface area (Å²) in [5, 5.41) is 11.9. The van der Waals surface area contributed by atoms with Crippen LogP contribution >= 0.6 is 0 Å². The second-order valence-electron chi connectivity index (χ2n) is 3.97. The van der Waals surface area contributed by atoms with Crippen molar-refractivity contribution < 1.29 is 18.3 Å². The maximum absolute atomic E-state index is 11.3. The molecule has 2 N–H and O–H groups in total. The van der Waals surface area contributed by atoms with Crippen LogP contribution in [0.5, 0.6) is 0 Å². The van der Waals surface area contributed by atoms with E-state index in [0.717, 1.165) is 5.56 Å². The number of carboxylic acid groups (broad SMARTS) is 1. The number of aromatic carboxylic acids is 1. The Morgan fingerprint density at radius 1 is 1.39 bits per heavy atom. The van der Waals surface area contributed by atoms with Crippen LogP contribution in [0.1, 0.15) is 22.8 Å². The zero-order valence-electron chi connectivity index (χ0n) is 10.4. The second-order valence-corrected chi connectivity index (χ2v) is 6.44. The first-order valence-electron chi connectivity index (χ1n) is 5.64. The van der Waals surface area contributed by atoms with Crippen molar-refractivity contribution in [3.8, 4) is 0 Å². The number of carboxylic acids is 1. The molecule has 100 valence electrons. The van der Waals surface area contributed by atoms with E-state index in [4.69, 9.17) is 5.11 Å². The highest BCUT2D eigenvalue weighted by atomic mass is 32.2. The van der Waals surface area contributed by atoms with Crippen LogP contribution in [0.25, 0.3) is 0 Å². The summed E-state index contributed by atoms with van der Waals surface area (Å²) in [4.78, 5) is 11.0. The molecule has 0 saturated heterocycles. The summed E-state index contributed by atoms with van der Waals surface area (Å²) in [6, 6.07) is 4.93. The third-order valence-electron chi connectivity index (χ3n) is 2.66. The fourth-order valence-electron chi connectivity index (χ4n) is 1.56. The molecule has 1 aromatic rings. The summed E-state index contributed by atoms with van der Waals surface area (Å²) in [7, 11) is -3.05. The van der Waals surface area contributed by atoms with Gasteiger partial charge in [0.25, 0.3) is 0 Å². The van der Waals surface area contributed by atoms with Gasteiger partial charge in [-0.05, 0) is 18.6 Å². The first-order chi connectivity index (χ1) is 8.37. The van der Waals surface area contributed by atoms with Gasteiger partial charge in [-0.1, -0.05) is 19.1 Å². The van der Waals surface area contributed by atoms with Gasteiger partial charge in [0, 0.05) is 12.3 Å². The van der Waals surface area contributed by atoms with Crippen LogP contribution in [-0.2, 0) is 9.84 Å². The van der Waals surface area contributed by atoms with Gasteiger partial charge in [-0.25, -0.2) is 13.2 Å². The molecule has 0 aromatic heterocycles. The quantitative estimate of drug-likeness (QED) is 0.820. The van der Waals surface area contributed by atoms with Crippen LogP contribution in [0.2, 0.25) is 0 Å². The van der Waals surface area contributed by atoms with E-state index < -0.39 is 15.8 Å². The van der Waals surface area contributed by atoms with Crippen molar-refractivity contribution in [1.29, 1.82) is 0 Å². The number of hydrogen-bond acceptors (Lipinski definition) is 4. The Morgan fingerprint density at radius 2 is 2.06 bits per heavy atom. The molecule has 0 aliphatic carbocycles. The van der Waals surface area contributed by atoms with Crippen molar-refractivity contribution in [3.63, 3.8) is 0 Å². The Morgan fingerprint density at radius 3 is 2.61 bits per heavy atom. The lowest BCUT2D eigenvalue weighted by Crippen LogP contribution is -2.18. The minimum atomic E-state index is -3.05. The molecule has 1 rings (SSSR count). The lowest BCUT2D eigenvalue weighted by atomic mass is 10.1. The van der Waals surface area contributed by atoms with Crippen LogP contribution in [0, 0.1) is 6.92 Å². The summed E-state index contributed by atoms with van der Waals surface area (Å²) >= 11 is 0. The van der Waals surface area contributed by atoms with Gasteiger partial charge in [0.05, 0.1) is 17.0 Å². The molecule has 0 atom stereocenters. The summed E-state index contributed by atoms with van der Waals surface area (Å²) in [5.41, 5.74) is 1.42. The Labute approximate surface area is 107 Å². The maximum Gasteiger partial charge on any atom is 0.337 e. The molecule has 18 heavy (non-hydrogen) atoms. The normalized spacial score (nSPS) is 11.2. The van der Waals surface area contributed by atoms with Crippen molar-refractivity contribution >= 4 is 21.5 Å².